The zero-order valence-electron chi connectivity index (χ0n) is 12.0. The van der Waals surface area contributed by atoms with Crippen LogP contribution in [0.2, 0.25) is 0 Å². The van der Waals surface area contributed by atoms with E-state index in [0.29, 0.717) is 0 Å². The fourth-order valence-electron chi connectivity index (χ4n) is 2.56. The molecule has 11 nitrogen and oxygen atoms in total. The highest BCUT2D eigenvalue weighted by atomic mass is 16.7. The summed E-state index contributed by atoms with van der Waals surface area (Å²) in [6, 6.07) is 0. The Kier molecular flexibility index (Phi) is 6.27. The average molecular weight is 342 g/mol. The van der Waals surface area contributed by atoms with Crippen molar-refractivity contribution < 1.29 is 55.1 Å². The molecule has 2 aliphatic rings. The van der Waals surface area contributed by atoms with E-state index in [1.165, 1.54) is 0 Å². The first kappa shape index (κ1) is 18.9. The molecule has 10 atom stereocenters. The Balaban J connectivity index is 2.11. The predicted octanol–water partition coefficient (Wildman–Crippen LogP) is -5.40. The van der Waals surface area contributed by atoms with Crippen LogP contribution >= 0.6 is 0 Å². The van der Waals surface area contributed by atoms with E-state index in [4.69, 9.17) is 24.4 Å². The Labute approximate surface area is 130 Å². The van der Waals surface area contributed by atoms with Gasteiger partial charge in [-0.1, -0.05) is 0 Å². The van der Waals surface area contributed by atoms with E-state index in [9.17, 15) is 30.6 Å². The second kappa shape index (κ2) is 7.63. The lowest BCUT2D eigenvalue weighted by atomic mass is 9.97. The van der Waals surface area contributed by atoms with Gasteiger partial charge < -0.3 is 55.1 Å². The average Bonchev–Trinajstić information content (AvgIpc) is 2.54. The van der Waals surface area contributed by atoms with E-state index in [2.05, 4.69) is 0 Å². The molecule has 0 bridgehead atoms. The Morgan fingerprint density at radius 2 is 1.22 bits per heavy atom. The van der Waals surface area contributed by atoms with Gasteiger partial charge in [-0.3, -0.25) is 0 Å². The van der Waals surface area contributed by atoms with Crippen molar-refractivity contribution in [3.05, 3.63) is 0 Å². The molecule has 2 heterocycles. The molecule has 0 aromatic heterocycles. The summed E-state index contributed by atoms with van der Waals surface area (Å²) in [5.41, 5.74) is 0. The molecule has 0 aromatic rings. The normalized spacial score (nSPS) is 51.7. The maximum Gasteiger partial charge on any atom is 0.187 e. The Hall–Kier alpha value is -0.440. The van der Waals surface area contributed by atoms with Crippen LogP contribution in [0.25, 0.3) is 0 Å². The van der Waals surface area contributed by atoms with E-state index < -0.39 is 74.6 Å². The lowest BCUT2D eigenvalue weighted by molar-refractivity contribution is -0.355. The highest BCUT2D eigenvalue weighted by Crippen LogP contribution is 2.28. The van der Waals surface area contributed by atoms with Gasteiger partial charge in [0.2, 0.25) is 0 Å². The summed E-state index contributed by atoms with van der Waals surface area (Å²) in [4.78, 5) is 0. The first-order valence-electron chi connectivity index (χ1n) is 7.08. The van der Waals surface area contributed by atoms with E-state index in [0.717, 1.165) is 0 Å². The zero-order chi connectivity index (χ0) is 17.3. The summed E-state index contributed by atoms with van der Waals surface area (Å²) in [7, 11) is 0. The molecule has 136 valence electrons. The summed E-state index contributed by atoms with van der Waals surface area (Å²) in [6.45, 7) is -1.34. The molecule has 0 saturated carbocycles. The SMILES string of the molecule is OC[C@H]1O[C@H](O)[C@H](O)[C@@H](O[C@H]2O[C@H](CO)[C@@H](O)[C@H](O)[C@@H]2O)[C@H]1O. The van der Waals surface area contributed by atoms with Crippen molar-refractivity contribution in [1.82, 2.24) is 0 Å². The van der Waals surface area contributed by atoms with E-state index in [1.807, 2.05) is 0 Å². The molecule has 8 N–H and O–H groups in total. The van der Waals surface area contributed by atoms with Gasteiger partial charge in [-0.15, -0.1) is 0 Å². The van der Waals surface area contributed by atoms with Gasteiger partial charge in [0, 0.05) is 0 Å². The van der Waals surface area contributed by atoms with Gasteiger partial charge in [-0.25, -0.2) is 0 Å². The Morgan fingerprint density at radius 1 is 0.652 bits per heavy atom. The molecule has 0 aliphatic carbocycles. The van der Waals surface area contributed by atoms with Gasteiger partial charge in [0.05, 0.1) is 13.2 Å². The van der Waals surface area contributed by atoms with Gasteiger partial charge in [-0.05, 0) is 0 Å². The first-order valence-corrected chi connectivity index (χ1v) is 7.08. The van der Waals surface area contributed by atoms with Gasteiger partial charge in [-0.2, -0.15) is 0 Å². The Morgan fingerprint density at radius 3 is 1.78 bits per heavy atom. The van der Waals surface area contributed by atoms with Crippen LogP contribution in [-0.4, -0.2) is 115 Å². The third-order valence-corrected chi connectivity index (χ3v) is 3.98. The standard InChI is InChI=1S/C12H22O11/c13-1-3-5(15)7(17)8(18)12(22-3)23-10-6(16)4(2-14)21-11(20)9(10)19/h3-20H,1-2H2/t3-,4-,5-,6+,7+,8+,9-,10+,11+,12-/m1/s1. The van der Waals surface area contributed by atoms with Crippen molar-refractivity contribution in [2.45, 2.75) is 61.4 Å². The van der Waals surface area contributed by atoms with Crippen molar-refractivity contribution in [3.8, 4) is 0 Å². The van der Waals surface area contributed by atoms with Crippen LogP contribution in [0.4, 0.5) is 0 Å². The highest BCUT2D eigenvalue weighted by molar-refractivity contribution is 4.93. The van der Waals surface area contributed by atoms with Crippen molar-refractivity contribution in [3.63, 3.8) is 0 Å². The van der Waals surface area contributed by atoms with Crippen molar-refractivity contribution in [2.24, 2.45) is 0 Å². The fraction of sp³-hybridized carbons (Fsp3) is 1.00. The number of hydrogen-bond acceptors (Lipinski definition) is 11. The minimum atomic E-state index is -1.76. The number of aliphatic hydroxyl groups excluding tert-OH is 8. The number of rotatable bonds is 4. The van der Waals surface area contributed by atoms with Crippen molar-refractivity contribution in [2.75, 3.05) is 13.2 Å². The maximum absolute atomic E-state index is 10.00. The molecule has 2 fully saturated rings. The van der Waals surface area contributed by atoms with Crippen LogP contribution in [0.15, 0.2) is 0 Å². The van der Waals surface area contributed by atoms with Crippen LogP contribution in [0.3, 0.4) is 0 Å². The molecule has 2 rings (SSSR count). The molecule has 0 unspecified atom stereocenters. The van der Waals surface area contributed by atoms with Crippen LogP contribution in [0.5, 0.6) is 0 Å². The fourth-order valence-corrected chi connectivity index (χ4v) is 2.56. The second-order valence-electron chi connectivity index (χ2n) is 5.53. The quantitative estimate of drug-likeness (QED) is 0.243. The van der Waals surface area contributed by atoms with Crippen LogP contribution < -0.4 is 0 Å². The second-order valence-corrected chi connectivity index (χ2v) is 5.53. The minimum Gasteiger partial charge on any atom is -0.394 e. The monoisotopic (exact) mass is 342 g/mol. The summed E-state index contributed by atoms with van der Waals surface area (Å²) in [5.74, 6) is 0. The molecular formula is C12H22O11. The lowest BCUT2D eigenvalue weighted by Crippen LogP contribution is -2.64. The number of aliphatic hydroxyl groups is 8. The largest absolute Gasteiger partial charge is 0.394 e. The molecule has 0 spiro atoms. The highest BCUT2D eigenvalue weighted by Gasteiger charge is 2.50. The molecule has 0 radical (unpaired) electrons. The number of hydrogen-bond donors (Lipinski definition) is 8. The van der Waals surface area contributed by atoms with Gasteiger partial charge >= 0.3 is 0 Å². The van der Waals surface area contributed by atoms with Crippen LogP contribution in [0, 0.1) is 0 Å². The third-order valence-electron chi connectivity index (χ3n) is 3.98. The summed E-state index contributed by atoms with van der Waals surface area (Å²) in [5, 5.41) is 76.8. The molecule has 2 saturated heterocycles. The third kappa shape index (κ3) is 3.65. The molecule has 0 amide bonds. The van der Waals surface area contributed by atoms with Gasteiger partial charge in [0.1, 0.15) is 48.8 Å². The molecule has 23 heavy (non-hydrogen) atoms. The summed E-state index contributed by atoms with van der Waals surface area (Å²) < 4.78 is 15.1. The van der Waals surface area contributed by atoms with E-state index >= 15 is 0 Å². The van der Waals surface area contributed by atoms with Gasteiger partial charge in [0.15, 0.2) is 12.6 Å². The molecule has 2 aliphatic heterocycles. The molecule has 0 aromatic carbocycles. The van der Waals surface area contributed by atoms with Crippen molar-refractivity contribution >= 4 is 0 Å². The van der Waals surface area contributed by atoms with Crippen molar-refractivity contribution in [1.29, 1.82) is 0 Å². The maximum atomic E-state index is 10.00. The lowest BCUT2D eigenvalue weighted by Gasteiger charge is -2.45. The summed E-state index contributed by atoms with van der Waals surface area (Å²) >= 11 is 0. The molecular weight excluding hydrogens is 320 g/mol. The topological polar surface area (TPSA) is 190 Å². The number of ether oxygens (including phenoxy) is 3. The van der Waals surface area contributed by atoms with Crippen LogP contribution in [0.1, 0.15) is 0 Å². The van der Waals surface area contributed by atoms with Crippen LogP contribution in [-0.2, 0) is 14.2 Å². The Bertz CT molecular complexity index is 380. The predicted molar refractivity (Wildman–Crippen MR) is 68.6 cm³/mol. The molecule has 11 heteroatoms. The van der Waals surface area contributed by atoms with E-state index in [-0.39, 0.29) is 0 Å². The van der Waals surface area contributed by atoms with Gasteiger partial charge in [0.25, 0.3) is 0 Å². The minimum absolute atomic E-state index is 0.667. The summed E-state index contributed by atoms with van der Waals surface area (Å²) in [6.07, 6.45) is -15.7. The van der Waals surface area contributed by atoms with E-state index in [1.54, 1.807) is 0 Å². The first-order chi connectivity index (χ1) is 10.8. The smallest absolute Gasteiger partial charge is 0.187 e. The zero-order valence-corrected chi connectivity index (χ0v) is 12.0.